The maximum absolute atomic E-state index is 12.7. The van der Waals surface area contributed by atoms with Crippen molar-refractivity contribution in [2.75, 3.05) is 32.8 Å². The summed E-state index contributed by atoms with van der Waals surface area (Å²) in [7, 11) is 0. The highest BCUT2D eigenvalue weighted by molar-refractivity contribution is 6.33. The number of nitrogens with zero attached hydrogens (tertiary/aromatic N) is 1. The summed E-state index contributed by atoms with van der Waals surface area (Å²) in [6.45, 7) is 4.42. The molecule has 0 bridgehead atoms. The Balaban J connectivity index is 1.61. The molecule has 3 nitrogen and oxygen atoms in total. The summed E-state index contributed by atoms with van der Waals surface area (Å²) in [6.07, 6.45) is -2.68. The van der Waals surface area contributed by atoms with Crippen molar-refractivity contribution in [3.05, 3.63) is 46.7 Å². The highest BCUT2D eigenvalue weighted by atomic mass is 35.5. The highest BCUT2D eigenvalue weighted by Crippen LogP contribution is 2.36. The fraction of sp³-hybridized carbons (Fsp3) is 0.444. The van der Waals surface area contributed by atoms with Crippen LogP contribution in [-0.2, 0) is 17.3 Å². The lowest BCUT2D eigenvalue weighted by Gasteiger charge is -2.26. The van der Waals surface area contributed by atoms with Gasteiger partial charge < -0.3 is 9.15 Å². The topological polar surface area (TPSA) is 25.6 Å². The van der Waals surface area contributed by atoms with Gasteiger partial charge in [-0.1, -0.05) is 11.6 Å². The van der Waals surface area contributed by atoms with Gasteiger partial charge >= 0.3 is 6.18 Å². The molecule has 1 fully saturated rings. The molecule has 1 aliphatic heterocycles. The molecule has 0 atom stereocenters. The van der Waals surface area contributed by atoms with E-state index < -0.39 is 11.7 Å². The zero-order valence-corrected chi connectivity index (χ0v) is 14.4. The number of benzene rings is 1. The normalized spacial score (nSPS) is 16.3. The summed E-state index contributed by atoms with van der Waals surface area (Å²) in [6, 6.07) is 6.89. The molecule has 7 heteroatoms. The van der Waals surface area contributed by atoms with E-state index in [2.05, 4.69) is 4.90 Å². The second-order valence-corrected chi connectivity index (χ2v) is 6.42. The van der Waals surface area contributed by atoms with Crippen molar-refractivity contribution in [3.63, 3.8) is 0 Å². The smallest absolute Gasteiger partial charge is 0.416 e. The first kappa shape index (κ1) is 18.3. The Morgan fingerprint density at radius 2 is 1.84 bits per heavy atom. The van der Waals surface area contributed by atoms with Gasteiger partial charge in [-0.3, -0.25) is 4.90 Å². The van der Waals surface area contributed by atoms with Crippen molar-refractivity contribution in [1.29, 1.82) is 0 Å². The molecular weight excluding hydrogens is 355 g/mol. The zero-order chi connectivity index (χ0) is 17.9. The van der Waals surface area contributed by atoms with E-state index in [4.69, 9.17) is 20.8 Å². The number of hydrogen-bond donors (Lipinski definition) is 0. The van der Waals surface area contributed by atoms with Crippen LogP contribution in [0.4, 0.5) is 13.2 Å². The van der Waals surface area contributed by atoms with Crippen LogP contribution in [0.1, 0.15) is 17.7 Å². The number of halogens is 4. The van der Waals surface area contributed by atoms with Crippen LogP contribution in [0.15, 0.2) is 34.7 Å². The second kappa shape index (κ2) is 7.81. The zero-order valence-electron chi connectivity index (χ0n) is 13.6. The number of aryl methyl sites for hydroxylation is 1. The lowest BCUT2D eigenvalue weighted by molar-refractivity contribution is -0.137. The molecule has 0 amide bonds. The Kier molecular flexibility index (Phi) is 5.71. The average molecular weight is 374 g/mol. The van der Waals surface area contributed by atoms with Crippen LogP contribution >= 0.6 is 11.6 Å². The minimum Gasteiger partial charge on any atom is -0.461 e. The first-order chi connectivity index (χ1) is 11.9. The number of ether oxygens (including phenoxy) is 1. The Bertz CT molecular complexity index is 709. The standard InChI is InChI=1S/C18H19ClF3NO2/c19-16-12-13(18(20,21)22)3-5-15(16)17-6-4-14(25-17)2-1-7-23-8-10-24-11-9-23/h3-6,12H,1-2,7-11H2. The molecular formula is C18H19ClF3NO2. The van der Waals surface area contributed by atoms with Gasteiger partial charge in [0, 0.05) is 25.1 Å². The molecule has 3 rings (SSSR count). The van der Waals surface area contributed by atoms with E-state index in [0.29, 0.717) is 11.3 Å². The molecule has 0 saturated carbocycles. The quantitative estimate of drug-likeness (QED) is 0.746. The van der Waals surface area contributed by atoms with Crippen LogP contribution in [0, 0.1) is 0 Å². The van der Waals surface area contributed by atoms with Crippen molar-refractivity contribution in [1.82, 2.24) is 4.90 Å². The molecule has 2 heterocycles. The van der Waals surface area contributed by atoms with Gasteiger partial charge in [0.2, 0.25) is 0 Å². The van der Waals surface area contributed by atoms with E-state index in [0.717, 1.165) is 63.6 Å². The highest BCUT2D eigenvalue weighted by Gasteiger charge is 2.31. The second-order valence-electron chi connectivity index (χ2n) is 6.02. The van der Waals surface area contributed by atoms with Crippen molar-refractivity contribution in [3.8, 4) is 11.3 Å². The van der Waals surface area contributed by atoms with Gasteiger partial charge in [0.25, 0.3) is 0 Å². The number of alkyl halides is 3. The summed E-state index contributed by atoms with van der Waals surface area (Å²) < 4.78 is 49.2. The molecule has 0 N–H and O–H groups in total. The van der Waals surface area contributed by atoms with E-state index in [-0.39, 0.29) is 5.02 Å². The third-order valence-electron chi connectivity index (χ3n) is 4.22. The van der Waals surface area contributed by atoms with Crippen LogP contribution in [-0.4, -0.2) is 37.7 Å². The molecule has 0 unspecified atom stereocenters. The molecule has 1 aromatic heterocycles. The Morgan fingerprint density at radius 3 is 2.52 bits per heavy atom. The molecule has 25 heavy (non-hydrogen) atoms. The molecule has 0 aliphatic carbocycles. The lowest BCUT2D eigenvalue weighted by atomic mass is 10.1. The summed E-state index contributed by atoms with van der Waals surface area (Å²) in [4.78, 5) is 2.35. The van der Waals surface area contributed by atoms with Gasteiger partial charge in [-0.15, -0.1) is 0 Å². The van der Waals surface area contributed by atoms with Crippen LogP contribution in [0.25, 0.3) is 11.3 Å². The molecule has 1 saturated heterocycles. The van der Waals surface area contributed by atoms with Gasteiger partial charge in [0.05, 0.1) is 23.8 Å². The van der Waals surface area contributed by atoms with E-state index in [9.17, 15) is 13.2 Å². The van der Waals surface area contributed by atoms with E-state index in [1.165, 1.54) is 6.07 Å². The SMILES string of the molecule is FC(F)(F)c1ccc(-c2ccc(CCCN3CCOCC3)o2)c(Cl)c1. The Labute approximate surface area is 149 Å². The Morgan fingerprint density at radius 1 is 1.08 bits per heavy atom. The summed E-state index contributed by atoms with van der Waals surface area (Å²) in [5.41, 5.74) is -0.298. The number of hydrogen-bond acceptors (Lipinski definition) is 3. The average Bonchev–Trinajstić information content (AvgIpc) is 3.03. The minimum atomic E-state index is -4.41. The van der Waals surface area contributed by atoms with Gasteiger partial charge in [-0.25, -0.2) is 0 Å². The monoisotopic (exact) mass is 373 g/mol. The van der Waals surface area contributed by atoms with E-state index >= 15 is 0 Å². The van der Waals surface area contributed by atoms with Crippen LogP contribution in [0.5, 0.6) is 0 Å². The van der Waals surface area contributed by atoms with Gasteiger partial charge in [0.1, 0.15) is 11.5 Å². The lowest BCUT2D eigenvalue weighted by Crippen LogP contribution is -2.36. The minimum absolute atomic E-state index is 0.0315. The van der Waals surface area contributed by atoms with Crippen molar-refractivity contribution in [2.45, 2.75) is 19.0 Å². The summed E-state index contributed by atoms with van der Waals surface area (Å²) in [5.74, 6) is 1.29. The van der Waals surface area contributed by atoms with Crippen LogP contribution in [0.2, 0.25) is 5.02 Å². The van der Waals surface area contributed by atoms with Crippen molar-refractivity contribution in [2.24, 2.45) is 0 Å². The van der Waals surface area contributed by atoms with Crippen LogP contribution < -0.4 is 0 Å². The maximum atomic E-state index is 12.7. The number of morpholine rings is 1. The Hall–Kier alpha value is -1.50. The molecule has 0 radical (unpaired) electrons. The molecule has 1 aromatic carbocycles. The molecule has 1 aliphatic rings. The molecule has 136 valence electrons. The third-order valence-corrected chi connectivity index (χ3v) is 4.54. The summed E-state index contributed by atoms with van der Waals surface area (Å²) >= 11 is 6.01. The van der Waals surface area contributed by atoms with Gasteiger partial charge in [-0.05, 0) is 43.3 Å². The molecule has 0 spiro atoms. The maximum Gasteiger partial charge on any atom is 0.416 e. The predicted octanol–water partition coefficient (Wildman–Crippen LogP) is 4.88. The number of furan rings is 1. The van der Waals surface area contributed by atoms with Crippen molar-refractivity contribution < 1.29 is 22.3 Å². The van der Waals surface area contributed by atoms with E-state index in [1.54, 1.807) is 6.07 Å². The van der Waals surface area contributed by atoms with Gasteiger partial charge in [0.15, 0.2) is 0 Å². The summed E-state index contributed by atoms with van der Waals surface area (Å²) in [5, 5.41) is 0.0315. The van der Waals surface area contributed by atoms with Crippen molar-refractivity contribution >= 4 is 11.6 Å². The third kappa shape index (κ3) is 4.77. The predicted molar refractivity (Wildman–Crippen MR) is 89.7 cm³/mol. The fourth-order valence-corrected chi connectivity index (χ4v) is 3.12. The van der Waals surface area contributed by atoms with Gasteiger partial charge in [-0.2, -0.15) is 13.2 Å². The largest absolute Gasteiger partial charge is 0.461 e. The van der Waals surface area contributed by atoms with Crippen LogP contribution in [0.3, 0.4) is 0 Å². The first-order valence-corrected chi connectivity index (χ1v) is 8.57. The number of rotatable bonds is 5. The molecule has 2 aromatic rings. The first-order valence-electron chi connectivity index (χ1n) is 8.19. The van der Waals surface area contributed by atoms with E-state index in [1.807, 2.05) is 6.07 Å². The fourth-order valence-electron chi connectivity index (χ4n) is 2.85.